The Labute approximate surface area is 208 Å². The average molecular weight is 505 g/mol. The van der Waals surface area contributed by atoms with E-state index in [0.29, 0.717) is 29.8 Å². The molecule has 0 bridgehead atoms. The van der Waals surface area contributed by atoms with Gasteiger partial charge >= 0.3 is 5.97 Å². The number of hydrogen-bond donors (Lipinski definition) is 2. The van der Waals surface area contributed by atoms with E-state index in [0.717, 1.165) is 11.1 Å². The van der Waals surface area contributed by atoms with Crippen molar-refractivity contribution in [3.05, 3.63) is 88.8 Å². The fourth-order valence-corrected chi connectivity index (χ4v) is 5.33. The van der Waals surface area contributed by atoms with Gasteiger partial charge in [-0.2, -0.15) is 0 Å². The van der Waals surface area contributed by atoms with E-state index in [4.69, 9.17) is 4.74 Å². The van der Waals surface area contributed by atoms with Crippen LogP contribution in [0.5, 0.6) is 5.75 Å². The average Bonchev–Trinajstić information content (AvgIpc) is 3.14. The number of rotatable bonds is 8. The van der Waals surface area contributed by atoms with Crippen LogP contribution in [0, 0.1) is 0 Å². The van der Waals surface area contributed by atoms with Gasteiger partial charge in [0.15, 0.2) is 0 Å². The lowest BCUT2D eigenvalue weighted by atomic mass is 10.0. The summed E-state index contributed by atoms with van der Waals surface area (Å²) in [4.78, 5) is 36.1. The topological polar surface area (TPSA) is 119 Å². The molecule has 184 valence electrons. The van der Waals surface area contributed by atoms with Gasteiger partial charge in [0, 0.05) is 31.1 Å². The van der Waals surface area contributed by atoms with Crippen molar-refractivity contribution >= 4 is 33.7 Å². The highest BCUT2D eigenvalue weighted by atomic mass is 32.2. The zero-order chi connectivity index (χ0) is 25.7. The molecular weight excluding hydrogens is 480 g/mol. The molecule has 9 heteroatoms. The van der Waals surface area contributed by atoms with E-state index in [1.54, 1.807) is 54.6 Å². The van der Waals surface area contributed by atoms with Crippen LogP contribution in [-0.2, 0) is 19.4 Å². The first-order chi connectivity index (χ1) is 17.3. The van der Waals surface area contributed by atoms with Gasteiger partial charge < -0.3 is 15.4 Å². The zero-order valence-corrected chi connectivity index (χ0v) is 20.3. The Morgan fingerprint density at radius 1 is 0.806 bits per heavy atom. The van der Waals surface area contributed by atoms with Gasteiger partial charge in [0.1, 0.15) is 10.7 Å². The molecule has 0 atom stereocenters. The molecule has 0 spiro atoms. The summed E-state index contributed by atoms with van der Waals surface area (Å²) in [5.41, 5.74) is 2.48. The van der Waals surface area contributed by atoms with Gasteiger partial charge in [-0.25, -0.2) is 8.42 Å². The van der Waals surface area contributed by atoms with Crippen LogP contribution in [0.15, 0.2) is 82.6 Å². The third-order valence-electron chi connectivity index (χ3n) is 5.53. The van der Waals surface area contributed by atoms with E-state index in [1.807, 2.05) is 12.1 Å². The van der Waals surface area contributed by atoms with E-state index in [2.05, 4.69) is 10.6 Å². The Hall–Kier alpha value is -4.24. The number of esters is 1. The predicted molar refractivity (Wildman–Crippen MR) is 135 cm³/mol. The molecule has 0 aromatic heterocycles. The van der Waals surface area contributed by atoms with Crippen LogP contribution in [0.4, 0.5) is 0 Å². The first-order valence-electron chi connectivity index (χ1n) is 11.3. The molecular formula is C27H24N2O6S. The molecule has 4 rings (SSSR count). The number of sulfone groups is 1. The minimum Gasteiger partial charge on any atom is -0.426 e. The maximum atomic E-state index is 12.5. The van der Waals surface area contributed by atoms with Crippen LogP contribution in [0.1, 0.15) is 29.3 Å². The van der Waals surface area contributed by atoms with Gasteiger partial charge in [0.2, 0.25) is 9.84 Å². The standard InChI is InChI=1S/C27H24N2O6S/c1-18(30)35-23-9-4-3-8-22(23)19-11-13-20(14-12-19)26(31)28-15-6-16-29-27(32)25-17-21-7-2-5-10-24(21)36(25,33)34/h2-5,7-14,17H,6,15-16H2,1H3,(H,28,31)(H,29,32). The van der Waals surface area contributed by atoms with Gasteiger partial charge in [-0.05, 0) is 47.9 Å². The number of nitrogens with one attached hydrogen (secondary N) is 2. The Morgan fingerprint density at radius 2 is 1.44 bits per heavy atom. The maximum Gasteiger partial charge on any atom is 0.308 e. The summed E-state index contributed by atoms with van der Waals surface area (Å²) < 4.78 is 30.3. The molecule has 3 aromatic rings. The summed E-state index contributed by atoms with van der Waals surface area (Å²) >= 11 is 0. The van der Waals surface area contributed by atoms with E-state index in [9.17, 15) is 22.8 Å². The highest BCUT2D eigenvalue weighted by Gasteiger charge is 2.33. The van der Waals surface area contributed by atoms with Gasteiger partial charge in [-0.15, -0.1) is 0 Å². The van der Waals surface area contributed by atoms with Gasteiger partial charge in [0.05, 0.1) is 4.90 Å². The second-order valence-corrected chi connectivity index (χ2v) is 9.97. The largest absolute Gasteiger partial charge is 0.426 e. The lowest BCUT2D eigenvalue weighted by Gasteiger charge is -2.10. The molecule has 0 radical (unpaired) electrons. The molecule has 0 aliphatic carbocycles. The second-order valence-electron chi connectivity index (χ2n) is 8.08. The van der Waals surface area contributed by atoms with Crippen molar-refractivity contribution in [1.29, 1.82) is 0 Å². The van der Waals surface area contributed by atoms with Gasteiger partial charge in [-0.3, -0.25) is 14.4 Å². The first-order valence-corrected chi connectivity index (χ1v) is 12.8. The monoisotopic (exact) mass is 504 g/mol. The molecule has 0 saturated carbocycles. The summed E-state index contributed by atoms with van der Waals surface area (Å²) in [7, 11) is -3.82. The van der Waals surface area contributed by atoms with Crippen molar-refractivity contribution in [3.8, 4) is 16.9 Å². The number of benzene rings is 3. The Morgan fingerprint density at radius 3 is 2.14 bits per heavy atom. The van der Waals surface area contributed by atoms with Gasteiger partial charge in [-0.1, -0.05) is 48.5 Å². The molecule has 0 fully saturated rings. The number of fused-ring (bicyclic) bond motifs is 1. The third kappa shape index (κ3) is 5.36. The summed E-state index contributed by atoms with van der Waals surface area (Å²) in [5, 5.41) is 5.38. The second kappa shape index (κ2) is 10.6. The fourth-order valence-electron chi connectivity index (χ4n) is 3.80. The number of carbonyl (C=O) groups is 3. The number of carbonyl (C=O) groups excluding carboxylic acids is 3. The SMILES string of the molecule is CC(=O)Oc1ccccc1-c1ccc(C(=O)NCCCNC(=O)C2=Cc3ccccc3S2(=O)=O)cc1. The quantitative estimate of drug-likeness (QED) is 0.276. The van der Waals surface area contributed by atoms with Crippen LogP contribution in [0.2, 0.25) is 0 Å². The summed E-state index contributed by atoms with van der Waals surface area (Å²) in [5.74, 6) is -0.921. The van der Waals surface area contributed by atoms with Crippen LogP contribution in [0.25, 0.3) is 17.2 Å². The maximum absolute atomic E-state index is 12.5. The minimum absolute atomic E-state index is 0.128. The summed E-state index contributed by atoms with van der Waals surface area (Å²) in [6.07, 6.45) is 1.79. The van der Waals surface area contributed by atoms with E-state index < -0.39 is 21.7 Å². The van der Waals surface area contributed by atoms with Crippen molar-refractivity contribution in [3.63, 3.8) is 0 Å². The van der Waals surface area contributed by atoms with Crippen molar-refractivity contribution in [2.45, 2.75) is 18.2 Å². The third-order valence-corrected chi connectivity index (χ3v) is 7.37. The fraction of sp³-hybridized carbons (Fsp3) is 0.148. The van der Waals surface area contributed by atoms with Crippen LogP contribution >= 0.6 is 0 Å². The van der Waals surface area contributed by atoms with Crippen LogP contribution < -0.4 is 15.4 Å². The normalized spacial score (nSPS) is 13.3. The van der Waals surface area contributed by atoms with Crippen LogP contribution in [0.3, 0.4) is 0 Å². The van der Waals surface area contributed by atoms with E-state index in [1.165, 1.54) is 19.1 Å². The van der Waals surface area contributed by atoms with Crippen molar-refractivity contribution in [1.82, 2.24) is 10.6 Å². The molecule has 36 heavy (non-hydrogen) atoms. The summed E-state index contributed by atoms with van der Waals surface area (Å²) in [6.45, 7) is 1.83. The lowest BCUT2D eigenvalue weighted by Crippen LogP contribution is -2.31. The number of para-hydroxylation sites is 1. The molecule has 1 aliphatic heterocycles. The molecule has 3 aromatic carbocycles. The predicted octanol–water partition coefficient (Wildman–Crippen LogP) is 3.34. The molecule has 2 amide bonds. The molecule has 2 N–H and O–H groups in total. The lowest BCUT2D eigenvalue weighted by molar-refractivity contribution is -0.131. The minimum atomic E-state index is -3.82. The zero-order valence-electron chi connectivity index (χ0n) is 19.5. The Balaban J connectivity index is 1.26. The van der Waals surface area contributed by atoms with Crippen molar-refractivity contribution in [2.24, 2.45) is 0 Å². The molecule has 0 unspecified atom stereocenters. The van der Waals surface area contributed by atoms with Gasteiger partial charge in [0.25, 0.3) is 11.8 Å². The molecule has 0 saturated heterocycles. The number of hydrogen-bond acceptors (Lipinski definition) is 6. The first kappa shape index (κ1) is 24.9. The Bertz CT molecular complexity index is 1460. The van der Waals surface area contributed by atoms with E-state index in [-0.39, 0.29) is 22.3 Å². The smallest absolute Gasteiger partial charge is 0.308 e. The molecule has 8 nitrogen and oxygen atoms in total. The molecule has 1 heterocycles. The highest BCUT2D eigenvalue weighted by molar-refractivity contribution is 7.96. The molecule has 1 aliphatic rings. The van der Waals surface area contributed by atoms with Crippen molar-refractivity contribution in [2.75, 3.05) is 13.1 Å². The summed E-state index contributed by atoms with van der Waals surface area (Å²) in [6, 6.07) is 20.5. The van der Waals surface area contributed by atoms with Crippen LogP contribution in [-0.4, -0.2) is 39.3 Å². The number of amides is 2. The number of ether oxygens (including phenoxy) is 1. The highest BCUT2D eigenvalue weighted by Crippen LogP contribution is 2.32. The van der Waals surface area contributed by atoms with Crippen molar-refractivity contribution < 1.29 is 27.5 Å². The van der Waals surface area contributed by atoms with E-state index >= 15 is 0 Å². The Kier molecular flexibility index (Phi) is 7.30.